The molecule has 2 aliphatic rings. The number of piperazine rings is 1. The molecule has 0 spiro atoms. The first-order valence-electron chi connectivity index (χ1n) is 10.2. The van der Waals surface area contributed by atoms with Gasteiger partial charge in [0.15, 0.2) is 5.76 Å². The third-order valence-corrected chi connectivity index (χ3v) is 5.75. The number of rotatable bonds is 5. The summed E-state index contributed by atoms with van der Waals surface area (Å²) in [7, 11) is 1.30. The first-order valence-corrected chi connectivity index (χ1v) is 10.5. The number of halogens is 1. The number of esters is 1. The molecule has 1 aromatic carbocycles. The van der Waals surface area contributed by atoms with Crippen LogP contribution in [0.3, 0.4) is 0 Å². The molecule has 2 aliphatic heterocycles. The highest BCUT2D eigenvalue weighted by molar-refractivity contribution is 6.30. The van der Waals surface area contributed by atoms with Crippen LogP contribution in [0, 0.1) is 0 Å². The lowest BCUT2D eigenvalue weighted by Crippen LogP contribution is -2.52. The molecule has 9 nitrogen and oxygen atoms in total. The van der Waals surface area contributed by atoms with E-state index in [-0.39, 0.29) is 5.91 Å². The Morgan fingerprint density at radius 2 is 1.97 bits per heavy atom. The highest BCUT2D eigenvalue weighted by atomic mass is 35.5. The summed E-state index contributed by atoms with van der Waals surface area (Å²) >= 11 is 6.12. The van der Waals surface area contributed by atoms with Crippen molar-refractivity contribution in [1.29, 1.82) is 0 Å². The molecule has 2 N–H and O–H groups in total. The Bertz CT molecular complexity index is 1040. The third kappa shape index (κ3) is 4.63. The summed E-state index contributed by atoms with van der Waals surface area (Å²) in [6, 6.07) is 9.20. The number of hydrogen-bond donors (Lipinski definition) is 2. The highest BCUT2D eigenvalue weighted by Gasteiger charge is 2.35. The molecule has 1 atom stereocenters. The number of benzene rings is 1. The van der Waals surface area contributed by atoms with Gasteiger partial charge in [-0.1, -0.05) is 23.7 Å². The Kier molecular flexibility index (Phi) is 6.48. The molecule has 0 aliphatic carbocycles. The molecule has 10 heteroatoms. The maximum absolute atomic E-state index is 12.7. The zero-order valence-corrected chi connectivity index (χ0v) is 18.2. The van der Waals surface area contributed by atoms with Crippen molar-refractivity contribution in [2.45, 2.75) is 6.04 Å². The molecular weight excluding hydrogens is 436 g/mol. The minimum Gasteiger partial charge on any atom is -0.466 e. The SMILES string of the molecule is COC(=O)C1=C(CN2CCN(C(=O)c3ccco3)CC2)NC(=O)NC1c1cccc(Cl)c1. The maximum atomic E-state index is 12.7. The number of hydrogen-bond acceptors (Lipinski definition) is 6. The molecule has 0 saturated carbocycles. The van der Waals surface area contributed by atoms with Crippen molar-refractivity contribution in [3.05, 3.63) is 70.3 Å². The summed E-state index contributed by atoms with van der Waals surface area (Å²) < 4.78 is 10.2. The first-order chi connectivity index (χ1) is 15.5. The van der Waals surface area contributed by atoms with Gasteiger partial charge in [0.2, 0.25) is 0 Å². The topological polar surface area (TPSA) is 104 Å². The number of furan rings is 1. The number of ether oxygens (including phenoxy) is 1. The van der Waals surface area contributed by atoms with Crippen LogP contribution in [-0.4, -0.2) is 67.5 Å². The van der Waals surface area contributed by atoms with Crippen LogP contribution in [-0.2, 0) is 9.53 Å². The largest absolute Gasteiger partial charge is 0.466 e. The summed E-state index contributed by atoms with van der Waals surface area (Å²) in [5.41, 5.74) is 1.47. The average molecular weight is 459 g/mol. The second-order valence-electron chi connectivity index (χ2n) is 7.52. The van der Waals surface area contributed by atoms with Crippen LogP contribution >= 0.6 is 11.6 Å². The Labute approximate surface area is 189 Å². The molecular formula is C22H23ClN4O5. The zero-order chi connectivity index (χ0) is 22.7. The van der Waals surface area contributed by atoms with E-state index in [1.165, 1.54) is 13.4 Å². The van der Waals surface area contributed by atoms with Gasteiger partial charge < -0.3 is 24.7 Å². The van der Waals surface area contributed by atoms with Crippen LogP contribution in [0.15, 0.2) is 58.3 Å². The van der Waals surface area contributed by atoms with E-state index in [1.807, 2.05) is 0 Å². The van der Waals surface area contributed by atoms with Gasteiger partial charge in [-0.25, -0.2) is 9.59 Å². The van der Waals surface area contributed by atoms with Crippen LogP contribution in [0.1, 0.15) is 22.2 Å². The fourth-order valence-electron chi connectivity index (χ4n) is 3.92. The van der Waals surface area contributed by atoms with Crippen LogP contribution in [0.5, 0.6) is 0 Å². The summed E-state index contributed by atoms with van der Waals surface area (Å²) in [6.45, 7) is 2.50. The molecule has 2 aromatic rings. The van der Waals surface area contributed by atoms with Gasteiger partial charge >= 0.3 is 12.0 Å². The minimum atomic E-state index is -0.688. The number of methoxy groups -OCH3 is 1. The van der Waals surface area contributed by atoms with Crippen LogP contribution in [0.25, 0.3) is 0 Å². The van der Waals surface area contributed by atoms with E-state index in [0.29, 0.717) is 60.3 Å². The lowest BCUT2D eigenvalue weighted by atomic mass is 9.95. The van der Waals surface area contributed by atoms with Gasteiger partial charge in [-0.15, -0.1) is 0 Å². The minimum absolute atomic E-state index is 0.152. The van der Waals surface area contributed by atoms with Crippen molar-refractivity contribution in [2.24, 2.45) is 0 Å². The van der Waals surface area contributed by atoms with Gasteiger partial charge in [-0.2, -0.15) is 0 Å². The van der Waals surface area contributed by atoms with Crippen molar-refractivity contribution >= 4 is 29.5 Å². The quantitative estimate of drug-likeness (QED) is 0.665. The molecule has 0 radical (unpaired) electrons. The van der Waals surface area contributed by atoms with Crippen LogP contribution < -0.4 is 10.6 Å². The molecule has 1 saturated heterocycles. The Morgan fingerprint density at radius 1 is 1.19 bits per heavy atom. The lowest BCUT2D eigenvalue weighted by molar-refractivity contribution is -0.136. The number of urea groups is 1. The van der Waals surface area contributed by atoms with Gasteiger partial charge in [0.05, 0.1) is 25.0 Å². The van der Waals surface area contributed by atoms with Gasteiger partial charge in [0.25, 0.3) is 5.91 Å². The molecule has 32 heavy (non-hydrogen) atoms. The van der Waals surface area contributed by atoms with E-state index in [2.05, 4.69) is 15.5 Å². The van der Waals surface area contributed by atoms with Gasteiger partial charge in [0, 0.05) is 43.4 Å². The number of carbonyl (C=O) groups excluding carboxylic acids is 3. The van der Waals surface area contributed by atoms with Crippen molar-refractivity contribution < 1.29 is 23.5 Å². The van der Waals surface area contributed by atoms with Crippen LogP contribution in [0.2, 0.25) is 5.02 Å². The summed E-state index contributed by atoms with van der Waals surface area (Å²) in [4.78, 5) is 41.3. The van der Waals surface area contributed by atoms with E-state index >= 15 is 0 Å². The molecule has 3 heterocycles. The second-order valence-corrected chi connectivity index (χ2v) is 7.95. The number of amides is 3. The summed E-state index contributed by atoms with van der Waals surface area (Å²) in [5, 5.41) is 6.04. The third-order valence-electron chi connectivity index (χ3n) is 5.51. The van der Waals surface area contributed by atoms with Gasteiger partial charge in [-0.3, -0.25) is 9.69 Å². The lowest BCUT2D eigenvalue weighted by Gasteiger charge is -2.36. The predicted octanol–water partition coefficient (Wildman–Crippen LogP) is 2.17. The average Bonchev–Trinajstić information content (AvgIpc) is 3.33. The molecule has 1 aromatic heterocycles. The fraction of sp³-hybridized carbons (Fsp3) is 0.318. The monoisotopic (exact) mass is 458 g/mol. The first kappa shape index (κ1) is 21.9. The predicted molar refractivity (Wildman–Crippen MR) is 116 cm³/mol. The maximum Gasteiger partial charge on any atom is 0.338 e. The molecule has 3 amide bonds. The fourth-order valence-corrected chi connectivity index (χ4v) is 4.12. The normalized spacial score (nSPS) is 19.4. The molecule has 1 fully saturated rings. The molecule has 4 rings (SSSR count). The second kappa shape index (κ2) is 9.46. The van der Waals surface area contributed by atoms with E-state index in [1.54, 1.807) is 41.3 Å². The molecule has 0 bridgehead atoms. The molecule has 168 valence electrons. The van der Waals surface area contributed by atoms with E-state index in [4.69, 9.17) is 20.8 Å². The summed E-state index contributed by atoms with van der Waals surface area (Å²) in [6.07, 6.45) is 1.47. The summed E-state index contributed by atoms with van der Waals surface area (Å²) in [5.74, 6) is -0.381. The van der Waals surface area contributed by atoms with E-state index in [9.17, 15) is 14.4 Å². The highest BCUT2D eigenvalue weighted by Crippen LogP contribution is 2.29. The van der Waals surface area contributed by atoms with Crippen molar-refractivity contribution in [2.75, 3.05) is 39.8 Å². The van der Waals surface area contributed by atoms with E-state index < -0.39 is 18.0 Å². The van der Waals surface area contributed by atoms with Crippen molar-refractivity contribution in [1.82, 2.24) is 20.4 Å². The van der Waals surface area contributed by atoms with Gasteiger partial charge in [-0.05, 0) is 29.8 Å². The number of nitrogens with one attached hydrogen (secondary N) is 2. The number of nitrogens with zero attached hydrogens (tertiary/aromatic N) is 2. The molecule has 1 unspecified atom stereocenters. The zero-order valence-electron chi connectivity index (χ0n) is 17.5. The Hall–Kier alpha value is -3.30. The van der Waals surface area contributed by atoms with Gasteiger partial charge in [0.1, 0.15) is 0 Å². The smallest absolute Gasteiger partial charge is 0.338 e. The van der Waals surface area contributed by atoms with E-state index in [0.717, 1.165) is 0 Å². The Balaban J connectivity index is 1.53. The Morgan fingerprint density at radius 3 is 2.62 bits per heavy atom. The number of carbonyl (C=O) groups is 3. The standard InChI is InChI=1S/C22H23ClN4O5/c1-31-21(29)18-16(24-22(30)25-19(18)14-4-2-5-15(23)12-14)13-26-7-9-27(10-8-26)20(28)17-6-3-11-32-17/h2-6,11-12,19H,7-10,13H2,1H3,(H2,24,25,30). The van der Waals surface area contributed by atoms with Crippen LogP contribution in [0.4, 0.5) is 4.79 Å². The van der Waals surface area contributed by atoms with Crippen molar-refractivity contribution in [3.63, 3.8) is 0 Å². The van der Waals surface area contributed by atoms with Crippen molar-refractivity contribution in [3.8, 4) is 0 Å².